The van der Waals surface area contributed by atoms with Gasteiger partial charge in [-0.15, -0.1) is 0 Å². The van der Waals surface area contributed by atoms with Gasteiger partial charge in [0, 0.05) is 0 Å². The molecule has 1 heterocycles. The standard InChI is InChI=1S/C11H13NO5S/c1-8-2-4-9(5-3-8)18(15,16)12-7-17-6-10(12)11(13)14/h2-5,10H,6-7H2,1H3,(H,13,14)/t10-/m0/s1. The number of rotatable bonds is 3. The van der Waals surface area contributed by atoms with Crippen LogP contribution in [0.15, 0.2) is 29.2 Å². The second-order valence-corrected chi connectivity index (χ2v) is 5.95. The summed E-state index contributed by atoms with van der Waals surface area (Å²) in [4.78, 5) is 11.0. The third kappa shape index (κ3) is 2.24. The van der Waals surface area contributed by atoms with Crippen LogP contribution < -0.4 is 0 Å². The molecule has 0 saturated carbocycles. The second kappa shape index (κ2) is 4.68. The van der Waals surface area contributed by atoms with E-state index in [1.54, 1.807) is 12.1 Å². The number of carboxylic acid groups (broad SMARTS) is 1. The van der Waals surface area contributed by atoms with Crippen molar-refractivity contribution in [3.8, 4) is 0 Å². The fourth-order valence-corrected chi connectivity index (χ4v) is 3.15. The number of aryl methyl sites for hydroxylation is 1. The summed E-state index contributed by atoms with van der Waals surface area (Å²) in [6, 6.07) is 5.10. The fourth-order valence-electron chi connectivity index (χ4n) is 1.70. The van der Waals surface area contributed by atoms with Gasteiger partial charge < -0.3 is 9.84 Å². The maximum absolute atomic E-state index is 12.2. The highest BCUT2D eigenvalue weighted by molar-refractivity contribution is 7.89. The molecule has 0 spiro atoms. The summed E-state index contributed by atoms with van der Waals surface area (Å²) in [5.41, 5.74) is 0.932. The number of ether oxygens (including phenoxy) is 1. The van der Waals surface area contributed by atoms with Crippen molar-refractivity contribution < 1.29 is 23.1 Å². The van der Waals surface area contributed by atoms with Crippen molar-refractivity contribution in [1.29, 1.82) is 0 Å². The molecule has 1 fully saturated rings. The fraction of sp³-hybridized carbons (Fsp3) is 0.364. The lowest BCUT2D eigenvalue weighted by molar-refractivity contribution is -0.140. The topological polar surface area (TPSA) is 83.9 Å². The van der Waals surface area contributed by atoms with Gasteiger partial charge in [-0.25, -0.2) is 8.42 Å². The number of carbonyl (C=O) groups is 1. The molecule has 0 aromatic heterocycles. The minimum Gasteiger partial charge on any atom is -0.480 e. The van der Waals surface area contributed by atoms with Gasteiger partial charge in [-0.2, -0.15) is 4.31 Å². The Bertz CT molecular complexity index is 551. The summed E-state index contributed by atoms with van der Waals surface area (Å²) in [6.07, 6.45) is 0. The zero-order valence-corrected chi connectivity index (χ0v) is 10.6. The van der Waals surface area contributed by atoms with Crippen LogP contribution in [0.4, 0.5) is 0 Å². The number of nitrogens with zero attached hydrogens (tertiary/aromatic N) is 1. The molecule has 0 unspecified atom stereocenters. The molecule has 1 atom stereocenters. The largest absolute Gasteiger partial charge is 0.480 e. The van der Waals surface area contributed by atoms with E-state index >= 15 is 0 Å². The molecule has 2 rings (SSSR count). The molecular weight excluding hydrogens is 258 g/mol. The Morgan fingerprint density at radius 2 is 2.00 bits per heavy atom. The lowest BCUT2D eigenvalue weighted by Crippen LogP contribution is -2.41. The van der Waals surface area contributed by atoms with Gasteiger partial charge in [0.25, 0.3) is 0 Å². The van der Waals surface area contributed by atoms with Crippen LogP contribution >= 0.6 is 0 Å². The zero-order chi connectivity index (χ0) is 13.3. The first-order valence-corrected chi connectivity index (χ1v) is 6.76. The molecule has 0 radical (unpaired) electrons. The lowest BCUT2D eigenvalue weighted by Gasteiger charge is -2.18. The Morgan fingerprint density at radius 1 is 1.39 bits per heavy atom. The first kappa shape index (κ1) is 13.0. The van der Waals surface area contributed by atoms with Crippen LogP contribution in [0.25, 0.3) is 0 Å². The Hall–Kier alpha value is -1.44. The van der Waals surface area contributed by atoms with E-state index in [0.717, 1.165) is 9.87 Å². The van der Waals surface area contributed by atoms with E-state index in [-0.39, 0.29) is 18.2 Å². The molecule has 1 aromatic rings. The zero-order valence-electron chi connectivity index (χ0n) is 9.74. The van der Waals surface area contributed by atoms with Crippen LogP contribution in [-0.4, -0.2) is 43.2 Å². The highest BCUT2D eigenvalue weighted by Gasteiger charge is 2.40. The highest BCUT2D eigenvalue weighted by Crippen LogP contribution is 2.22. The average molecular weight is 271 g/mol. The smallest absolute Gasteiger partial charge is 0.324 e. The average Bonchev–Trinajstić information content (AvgIpc) is 2.79. The van der Waals surface area contributed by atoms with E-state index in [0.29, 0.717) is 0 Å². The summed E-state index contributed by atoms with van der Waals surface area (Å²) >= 11 is 0. The van der Waals surface area contributed by atoms with Gasteiger partial charge >= 0.3 is 5.97 Å². The van der Waals surface area contributed by atoms with Crippen molar-refractivity contribution in [2.24, 2.45) is 0 Å². The van der Waals surface area contributed by atoms with Crippen LogP contribution in [0.1, 0.15) is 5.56 Å². The van der Waals surface area contributed by atoms with Crippen molar-refractivity contribution in [3.05, 3.63) is 29.8 Å². The van der Waals surface area contributed by atoms with Gasteiger partial charge in [0.2, 0.25) is 10.0 Å². The van der Waals surface area contributed by atoms with Crippen molar-refractivity contribution in [2.75, 3.05) is 13.3 Å². The number of carboxylic acids is 1. The van der Waals surface area contributed by atoms with E-state index in [2.05, 4.69) is 0 Å². The van der Waals surface area contributed by atoms with Crippen LogP contribution in [0, 0.1) is 6.92 Å². The van der Waals surface area contributed by atoms with E-state index in [9.17, 15) is 13.2 Å². The molecule has 0 aliphatic carbocycles. The van der Waals surface area contributed by atoms with E-state index in [1.165, 1.54) is 12.1 Å². The van der Waals surface area contributed by atoms with Crippen molar-refractivity contribution in [3.63, 3.8) is 0 Å². The molecule has 1 aromatic carbocycles. The molecular formula is C11H13NO5S. The van der Waals surface area contributed by atoms with Gasteiger partial charge in [0.15, 0.2) is 0 Å². The number of aliphatic carboxylic acids is 1. The van der Waals surface area contributed by atoms with E-state index in [4.69, 9.17) is 9.84 Å². The van der Waals surface area contributed by atoms with Gasteiger partial charge in [0.05, 0.1) is 11.5 Å². The highest BCUT2D eigenvalue weighted by atomic mass is 32.2. The monoisotopic (exact) mass is 271 g/mol. The molecule has 1 aliphatic rings. The number of hydrogen-bond donors (Lipinski definition) is 1. The van der Waals surface area contributed by atoms with Gasteiger partial charge in [-0.3, -0.25) is 4.79 Å². The van der Waals surface area contributed by atoms with Crippen LogP contribution in [0.2, 0.25) is 0 Å². The normalized spacial score (nSPS) is 21.1. The Labute approximate surface area is 105 Å². The Morgan fingerprint density at radius 3 is 2.56 bits per heavy atom. The second-order valence-electron chi connectivity index (χ2n) is 4.06. The number of sulfonamides is 1. The minimum atomic E-state index is -3.82. The maximum Gasteiger partial charge on any atom is 0.324 e. The van der Waals surface area contributed by atoms with Crippen molar-refractivity contribution in [1.82, 2.24) is 4.31 Å². The molecule has 98 valence electrons. The SMILES string of the molecule is Cc1ccc(S(=O)(=O)N2COC[C@H]2C(=O)O)cc1. The first-order chi connectivity index (χ1) is 8.43. The maximum atomic E-state index is 12.2. The summed E-state index contributed by atoms with van der Waals surface area (Å²) in [5.74, 6) is -1.21. The molecule has 18 heavy (non-hydrogen) atoms. The molecule has 7 heteroatoms. The van der Waals surface area contributed by atoms with Crippen LogP contribution in [0.3, 0.4) is 0 Å². The predicted molar refractivity (Wildman–Crippen MR) is 62.4 cm³/mol. The van der Waals surface area contributed by atoms with Crippen LogP contribution in [0.5, 0.6) is 0 Å². The Kier molecular flexibility index (Phi) is 3.38. The van der Waals surface area contributed by atoms with E-state index in [1.807, 2.05) is 6.92 Å². The van der Waals surface area contributed by atoms with Gasteiger partial charge in [-0.05, 0) is 19.1 Å². The predicted octanol–water partition coefficient (Wildman–Crippen LogP) is 0.427. The molecule has 1 aliphatic heterocycles. The van der Waals surface area contributed by atoms with Crippen molar-refractivity contribution >= 4 is 16.0 Å². The molecule has 0 amide bonds. The van der Waals surface area contributed by atoms with Crippen molar-refractivity contribution in [2.45, 2.75) is 17.9 Å². The summed E-state index contributed by atoms with van der Waals surface area (Å²) in [5, 5.41) is 8.95. The summed E-state index contributed by atoms with van der Waals surface area (Å²) in [7, 11) is -3.82. The summed E-state index contributed by atoms with van der Waals surface area (Å²) in [6.45, 7) is 1.49. The first-order valence-electron chi connectivity index (χ1n) is 5.32. The lowest BCUT2D eigenvalue weighted by atomic mass is 10.2. The number of benzene rings is 1. The van der Waals surface area contributed by atoms with Gasteiger partial charge in [-0.1, -0.05) is 17.7 Å². The summed E-state index contributed by atoms with van der Waals surface area (Å²) < 4.78 is 30.3. The quantitative estimate of drug-likeness (QED) is 0.861. The Balaban J connectivity index is 2.36. The molecule has 1 saturated heterocycles. The number of hydrogen-bond acceptors (Lipinski definition) is 4. The van der Waals surface area contributed by atoms with Crippen LogP contribution in [-0.2, 0) is 19.6 Å². The minimum absolute atomic E-state index is 0.0739. The molecule has 6 nitrogen and oxygen atoms in total. The third-order valence-corrected chi connectivity index (χ3v) is 4.60. The molecule has 0 bridgehead atoms. The molecule has 1 N–H and O–H groups in total. The van der Waals surface area contributed by atoms with Gasteiger partial charge in [0.1, 0.15) is 12.8 Å². The van der Waals surface area contributed by atoms with E-state index < -0.39 is 22.0 Å². The third-order valence-electron chi connectivity index (χ3n) is 2.75.